The Hall–Kier alpha value is -1.84. The number of hydroxylamine groups is 1. The molecule has 0 aliphatic heterocycles. The molecule has 2 N–H and O–H groups in total. The summed E-state index contributed by atoms with van der Waals surface area (Å²) in [6.45, 7) is 7.93. The van der Waals surface area contributed by atoms with Gasteiger partial charge in [0.25, 0.3) is 0 Å². The van der Waals surface area contributed by atoms with Gasteiger partial charge in [0.1, 0.15) is 0 Å². The molecular weight excluding hydrogens is 226 g/mol. The van der Waals surface area contributed by atoms with Crippen LogP contribution < -0.4 is 5.32 Å². The van der Waals surface area contributed by atoms with Crippen molar-refractivity contribution in [3.63, 3.8) is 0 Å². The first-order chi connectivity index (χ1) is 8.29. The third-order valence-corrected chi connectivity index (χ3v) is 2.44. The van der Waals surface area contributed by atoms with Crippen LogP contribution in [0.15, 0.2) is 24.3 Å². The van der Waals surface area contributed by atoms with Gasteiger partial charge in [0, 0.05) is 32.9 Å². The average molecular weight is 247 g/mol. The van der Waals surface area contributed by atoms with Crippen LogP contribution in [0, 0.1) is 10.6 Å². The molecule has 0 amide bonds. The summed E-state index contributed by atoms with van der Waals surface area (Å²) >= 11 is 0. The van der Waals surface area contributed by atoms with Gasteiger partial charge in [-0.05, 0) is 24.6 Å². The topological polar surface area (TPSA) is 62.0 Å². The lowest BCUT2D eigenvalue weighted by molar-refractivity contribution is -0.530. The second-order valence-corrected chi connectivity index (χ2v) is 5.35. The van der Waals surface area contributed by atoms with E-state index in [0.29, 0.717) is 12.4 Å². The van der Waals surface area contributed by atoms with Gasteiger partial charge in [0.05, 0.1) is 5.84 Å². The monoisotopic (exact) mass is 247 g/mol. The Labute approximate surface area is 108 Å². The minimum atomic E-state index is -0.431. The molecule has 98 valence electrons. The van der Waals surface area contributed by atoms with Crippen molar-refractivity contribution in [1.29, 1.82) is 5.41 Å². The van der Waals surface area contributed by atoms with E-state index in [1.165, 1.54) is 0 Å². The van der Waals surface area contributed by atoms with Gasteiger partial charge >= 0.3 is 0 Å². The number of amidine groups is 1. The summed E-state index contributed by atoms with van der Waals surface area (Å²) in [5, 5.41) is 22.1. The second-order valence-electron chi connectivity index (χ2n) is 5.35. The maximum atomic E-state index is 11.8. The molecule has 4 nitrogen and oxygen atoms in total. The molecule has 0 saturated heterocycles. The first kappa shape index (κ1) is 14.2. The third kappa shape index (κ3) is 4.57. The van der Waals surface area contributed by atoms with Gasteiger partial charge in [0.2, 0.25) is 0 Å². The van der Waals surface area contributed by atoms with Gasteiger partial charge in [-0.2, -0.15) is 0 Å². The van der Waals surface area contributed by atoms with Crippen molar-refractivity contribution in [3.8, 4) is 0 Å². The summed E-state index contributed by atoms with van der Waals surface area (Å²) in [7, 11) is 0. The molecule has 0 unspecified atom stereocenters. The summed E-state index contributed by atoms with van der Waals surface area (Å²) in [4.78, 5) is 0. The smallest absolute Gasteiger partial charge is 0.182 e. The highest BCUT2D eigenvalue weighted by Gasteiger charge is 2.17. The van der Waals surface area contributed by atoms with E-state index in [1.807, 2.05) is 45.0 Å². The van der Waals surface area contributed by atoms with E-state index in [-0.39, 0.29) is 0 Å². The molecule has 4 heteroatoms. The van der Waals surface area contributed by atoms with E-state index in [2.05, 4.69) is 5.32 Å². The van der Waals surface area contributed by atoms with Gasteiger partial charge in [-0.25, -0.2) is 4.74 Å². The fourth-order valence-corrected chi connectivity index (χ4v) is 1.35. The molecule has 1 aromatic carbocycles. The standard InChI is InChI=1S/C14H21N3O/c1-11(15)16-9-12-6-5-7-13(8-12)10-17(18)14(2,3)4/h5-8,10H,9H2,1-4H3,(H2,15,16). The predicted molar refractivity (Wildman–Crippen MR) is 75.2 cm³/mol. The lowest BCUT2D eigenvalue weighted by Crippen LogP contribution is -2.29. The maximum Gasteiger partial charge on any atom is 0.182 e. The van der Waals surface area contributed by atoms with E-state index >= 15 is 0 Å². The molecule has 0 aromatic heterocycles. The highest BCUT2D eigenvalue weighted by Crippen LogP contribution is 2.08. The molecule has 0 radical (unpaired) electrons. The molecule has 0 atom stereocenters. The van der Waals surface area contributed by atoms with Crippen LogP contribution in [0.2, 0.25) is 0 Å². The average Bonchev–Trinajstić information content (AvgIpc) is 2.25. The highest BCUT2D eigenvalue weighted by molar-refractivity contribution is 5.77. The number of benzene rings is 1. The van der Waals surface area contributed by atoms with E-state index in [0.717, 1.165) is 15.9 Å². The SMILES string of the molecule is CC(=N)NCc1cccc(C=[N+]([O-])C(C)(C)C)c1. The summed E-state index contributed by atoms with van der Waals surface area (Å²) in [6, 6.07) is 7.74. The van der Waals surface area contributed by atoms with Crippen molar-refractivity contribution in [2.75, 3.05) is 0 Å². The molecule has 0 saturated carbocycles. The van der Waals surface area contributed by atoms with Crippen LogP contribution in [0.1, 0.15) is 38.8 Å². The number of nitrogens with one attached hydrogen (secondary N) is 2. The van der Waals surface area contributed by atoms with E-state index < -0.39 is 5.54 Å². The lowest BCUT2D eigenvalue weighted by atomic mass is 10.1. The van der Waals surface area contributed by atoms with Gasteiger partial charge in [0.15, 0.2) is 11.8 Å². The molecule has 0 bridgehead atoms. The minimum absolute atomic E-state index is 0.431. The van der Waals surface area contributed by atoms with E-state index in [4.69, 9.17) is 5.41 Å². The van der Waals surface area contributed by atoms with Crippen LogP contribution in [0.4, 0.5) is 0 Å². The van der Waals surface area contributed by atoms with Gasteiger partial charge in [-0.3, -0.25) is 5.41 Å². The number of rotatable bonds is 3. The molecule has 0 heterocycles. The number of nitrogens with zero attached hydrogens (tertiary/aromatic N) is 1. The van der Waals surface area contributed by atoms with Crippen molar-refractivity contribution in [2.45, 2.75) is 39.8 Å². The molecule has 0 fully saturated rings. The third-order valence-electron chi connectivity index (χ3n) is 2.44. The minimum Gasteiger partial charge on any atom is -0.623 e. The van der Waals surface area contributed by atoms with Crippen LogP contribution in [0.5, 0.6) is 0 Å². The lowest BCUT2D eigenvalue weighted by Gasteiger charge is -2.18. The molecule has 0 aliphatic rings. The second kappa shape index (κ2) is 5.67. The molecule has 0 aliphatic carbocycles. The Bertz CT molecular complexity index is 458. The van der Waals surface area contributed by atoms with Crippen molar-refractivity contribution < 1.29 is 4.74 Å². The zero-order valence-electron chi connectivity index (χ0n) is 11.4. The van der Waals surface area contributed by atoms with Crippen LogP contribution in [-0.2, 0) is 6.54 Å². The summed E-state index contributed by atoms with van der Waals surface area (Å²) in [6.07, 6.45) is 1.60. The predicted octanol–water partition coefficient (Wildman–Crippen LogP) is 2.50. The summed E-state index contributed by atoms with van der Waals surface area (Å²) in [5.74, 6) is 0.435. The Morgan fingerprint density at radius 3 is 2.67 bits per heavy atom. The highest BCUT2D eigenvalue weighted by atomic mass is 16.5. The number of hydrogen-bond donors (Lipinski definition) is 2. The summed E-state index contributed by atoms with van der Waals surface area (Å²) < 4.78 is 0.960. The zero-order valence-corrected chi connectivity index (χ0v) is 11.4. The fraction of sp³-hybridized carbons (Fsp3) is 0.429. The quantitative estimate of drug-likeness (QED) is 0.283. The largest absolute Gasteiger partial charge is 0.623 e. The van der Waals surface area contributed by atoms with Gasteiger partial charge in [-0.15, -0.1) is 0 Å². The Kier molecular flexibility index (Phi) is 4.48. The normalized spacial score (nSPS) is 12.3. The van der Waals surface area contributed by atoms with Crippen LogP contribution >= 0.6 is 0 Å². The van der Waals surface area contributed by atoms with E-state index in [9.17, 15) is 5.21 Å². The van der Waals surface area contributed by atoms with Crippen LogP contribution in [0.25, 0.3) is 0 Å². The summed E-state index contributed by atoms with van der Waals surface area (Å²) in [5.41, 5.74) is 1.50. The Morgan fingerprint density at radius 1 is 1.44 bits per heavy atom. The first-order valence-corrected chi connectivity index (χ1v) is 5.98. The van der Waals surface area contributed by atoms with Crippen molar-refractivity contribution in [3.05, 3.63) is 40.6 Å². The molecule has 18 heavy (non-hydrogen) atoms. The Balaban J connectivity index is 2.86. The molecule has 1 aromatic rings. The molecule has 0 spiro atoms. The first-order valence-electron chi connectivity index (χ1n) is 5.98. The van der Waals surface area contributed by atoms with Crippen LogP contribution in [0.3, 0.4) is 0 Å². The van der Waals surface area contributed by atoms with Gasteiger partial charge < -0.3 is 10.5 Å². The van der Waals surface area contributed by atoms with Gasteiger partial charge in [-0.1, -0.05) is 12.1 Å². The van der Waals surface area contributed by atoms with Crippen molar-refractivity contribution in [1.82, 2.24) is 5.32 Å². The zero-order chi connectivity index (χ0) is 13.8. The Morgan fingerprint density at radius 2 is 2.11 bits per heavy atom. The molecule has 1 rings (SSSR count). The van der Waals surface area contributed by atoms with Crippen molar-refractivity contribution in [2.24, 2.45) is 0 Å². The van der Waals surface area contributed by atoms with E-state index in [1.54, 1.807) is 13.1 Å². The fourth-order valence-electron chi connectivity index (χ4n) is 1.35. The maximum absolute atomic E-state index is 11.8. The molecular formula is C14H21N3O. The van der Waals surface area contributed by atoms with Crippen molar-refractivity contribution >= 4 is 12.1 Å². The van der Waals surface area contributed by atoms with Crippen LogP contribution in [-0.4, -0.2) is 22.3 Å². The number of hydrogen-bond acceptors (Lipinski definition) is 2.